The van der Waals surface area contributed by atoms with Gasteiger partial charge in [0.1, 0.15) is 5.75 Å². The molecule has 112 valence electrons. The normalized spacial score (nSPS) is 20.9. The van der Waals surface area contributed by atoms with Crippen molar-refractivity contribution in [1.82, 2.24) is 5.32 Å². The van der Waals surface area contributed by atoms with E-state index in [1.54, 1.807) is 13.2 Å². The SMILES string of the molecule is COc1ccc(C)cc1/C=C/C(=O)N[C@@H]1C=C[C@H](CO)C1. The molecule has 0 heterocycles. The van der Waals surface area contributed by atoms with Gasteiger partial charge in [-0.1, -0.05) is 23.8 Å². The highest BCUT2D eigenvalue weighted by atomic mass is 16.5. The minimum Gasteiger partial charge on any atom is -0.496 e. The van der Waals surface area contributed by atoms with Gasteiger partial charge in [-0.3, -0.25) is 4.79 Å². The molecule has 21 heavy (non-hydrogen) atoms. The van der Waals surface area contributed by atoms with Crippen LogP contribution in [0.15, 0.2) is 36.4 Å². The van der Waals surface area contributed by atoms with E-state index in [-0.39, 0.29) is 24.5 Å². The van der Waals surface area contributed by atoms with Crippen LogP contribution in [0.2, 0.25) is 0 Å². The van der Waals surface area contributed by atoms with Crippen LogP contribution in [0, 0.1) is 12.8 Å². The van der Waals surface area contributed by atoms with Crippen molar-refractivity contribution >= 4 is 12.0 Å². The number of carbonyl (C=O) groups is 1. The molecule has 0 aromatic heterocycles. The van der Waals surface area contributed by atoms with Crippen LogP contribution in [0.5, 0.6) is 5.75 Å². The number of aliphatic hydroxyl groups excluding tert-OH is 1. The number of hydrogen-bond acceptors (Lipinski definition) is 3. The topological polar surface area (TPSA) is 58.6 Å². The molecule has 0 spiro atoms. The number of methoxy groups -OCH3 is 1. The average molecular weight is 287 g/mol. The predicted octanol–water partition coefficient (Wildman–Crippen LogP) is 2.07. The molecule has 1 amide bonds. The minimum absolute atomic E-state index is 0.00120. The second kappa shape index (κ2) is 7.09. The Morgan fingerprint density at radius 1 is 1.48 bits per heavy atom. The summed E-state index contributed by atoms with van der Waals surface area (Å²) in [5.41, 5.74) is 1.99. The Morgan fingerprint density at radius 2 is 2.29 bits per heavy atom. The van der Waals surface area contributed by atoms with Gasteiger partial charge in [-0.05, 0) is 31.6 Å². The molecule has 1 aromatic rings. The lowest BCUT2D eigenvalue weighted by Crippen LogP contribution is -2.31. The number of carbonyl (C=O) groups excluding carboxylic acids is 1. The number of nitrogens with one attached hydrogen (secondary N) is 1. The quantitative estimate of drug-likeness (QED) is 0.644. The lowest BCUT2D eigenvalue weighted by Gasteiger charge is -2.11. The van der Waals surface area contributed by atoms with Gasteiger partial charge in [-0.2, -0.15) is 0 Å². The Balaban J connectivity index is 1.96. The van der Waals surface area contributed by atoms with Gasteiger partial charge >= 0.3 is 0 Å². The van der Waals surface area contributed by atoms with Crippen molar-refractivity contribution in [2.75, 3.05) is 13.7 Å². The maximum absolute atomic E-state index is 11.9. The fraction of sp³-hybridized carbons (Fsp3) is 0.353. The molecule has 1 aliphatic rings. The molecule has 0 radical (unpaired) electrons. The smallest absolute Gasteiger partial charge is 0.244 e. The number of benzene rings is 1. The van der Waals surface area contributed by atoms with Gasteiger partial charge in [0.05, 0.1) is 7.11 Å². The summed E-state index contributed by atoms with van der Waals surface area (Å²) in [4.78, 5) is 11.9. The van der Waals surface area contributed by atoms with E-state index >= 15 is 0 Å². The molecule has 2 rings (SSSR count). The summed E-state index contributed by atoms with van der Waals surface area (Å²) in [5, 5.41) is 12.0. The third-order valence-electron chi connectivity index (χ3n) is 3.53. The average Bonchev–Trinajstić information content (AvgIpc) is 2.93. The van der Waals surface area contributed by atoms with Crippen LogP contribution in [0.4, 0.5) is 0 Å². The van der Waals surface area contributed by atoms with Crippen molar-refractivity contribution in [2.24, 2.45) is 5.92 Å². The van der Waals surface area contributed by atoms with Crippen molar-refractivity contribution in [1.29, 1.82) is 0 Å². The first-order valence-electron chi connectivity index (χ1n) is 7.04. The van der Waals surface area contributed by atoms with Crippen LogP contribution in [-0.2, 0) is 4.79 Å². The lowest BCUT2D eigenvalue weighted by atomic mass is 10.1. The molecule has 0 unspecified atom stereocenters. The molecule has 0 saturated heterocycles. The Kier molecular flexibility index (Phi) is 5.17. The summed E-state index contributed by atoms with van der Waals surface area (Å²) in [6, 6.07) is 5.83. The summed E-state index contributed by atoms with van der Waals surface area (Å²) in [6.07, 6.45) is 7.89. The van der Waals surface area contributed by atoms with Crippen molar-refractivity contribution in [3.05, 3.63) is 47.6 Å². The number of hydrogen-bond donors (Lipinski definition) is 2. The standard InChI is InChI=1S/C17H21NO3/c1-12-3-7-16(21-2)14(9-12)5-8-17(20)18-15-6-4-13(10-15)11-19/h3-9,13,15,19H,10-11H2,1-2H3,(H,18,20)/b8-5+/t13-,15+/m0/s1. The molecule has 1 aromatic carbocycles. The molecule has 0 fully saturated rings. The zero-order valence-electron chi connectivity index (χ0n) is 12.4. The zero-order valence-corrected chi connectivity index (χ0v) is 12.4. The first-order chi connectivity index (χ1) is 10.1. The molecule has 0 aliphatic heterocycles. The number of amides is 1. The molecule has 0 bridgehead atoms. The van der Waals surface area contributed by atoms with Gasteiger partial charge in [0.25, 0.3) is 0 Å². The molecule has 2 atom stereocenters. The number of aliphatic hydroxyl groups is 1. The Hall–Kier alpha value is -2.07. The van der Waals surface area contributed by atoms with Crippen molar-refractivity contribution < 1.29 is 14.6 Å². The van der Waals surface area contributed by atoms with Crippen LogP contribution >= 0.6 is 0 Å². The van der Waals surface area contributed by atoms with E-state index in [1.165, 1.54) is 6.08 Å². The van der Waals surface area contributed by atoms with Crippen molar-refractivity contribution in [3.8, 4) is 5.75 Å². The number of ether oxygens (including phenoxy) is 1. The fourth-order valence-electron chi connectivity index (χ4n) is 2.40. The highest BCUT2D eigenvalue weighted by molar-refractivity contribution is 5.92. The van der Waals surface area contributed by atoms with Gasteiger partial charge in [0, 0.05) is 30.2 Å². The van der Waals surface area contributed by atoms with E-state index < -0.39 is 0 Å². The predicted molar refractivity (Wildman–Crippen MR) is 83.0 cm³/mol. The van der Waals surface area contributed by atoms with Crippen LogP contribution in [0.25, 0.3) is 6.08 Å². The van der Waals surface area contributed by atoms with Crippen LogP contribution in [-0.4, -0.2) is 30.8 Å². The van der Waals surface area contributed by atoms with E-state index in [2.05, 4.69) is 5.32 Å². The summed E-state index contributed by atoms with van der Waals surface area (Å²) in [5.74, 6) is 0.744. The second-order valence-corrected chi connectivity index (χ2v) is 5.26. The summed E-state index contributed by atoms with van der Waals surface area (Å²) >= 11 is 0. The first-order valence-corrected chi connectivity index (χ1v) is 7.04. The van der Waals surface area contributed by atoms with Crippen LogP contribution in [0.1, 0.15) is 17.5 Å². The molecular weight excluding hydrogens is 266 g/mol. The molecule has 2 N–H and O–H groups in total. The summed E-state index contributed by atoms with van der Waals surface area (Å²) < 4.78 is 5.27. The van der Waals surface area contributed by atoms with Gasteiger partial charge in [-0.15, -0.1) is 0 Å². The highest BCUT2D eigenvalue weighted by Gasteiger charge is 2.18. The number of rotatable bonds is 5. The molecular formula is C17H21NO3. The van der Waals surface area contributed by atoms with Gasteiger partial charge in [-0.25, -0.2) is 0 Å². The Labute approximate surface area is 125 Å². The molecule has 0 saturated carbocycles. The van der Waals surface area contributed by atoms with Gasteiger partial charge in [0.15, 0.2) is 0 Å². The van der Waals surface area contributed by atoms with E-state index in [0.29, 0.717) is 0 Å². The Bertz CT molecular complexity index is 563. The van der Waals surface area contributed by atoms with Gasteiger partial charge < -0.3 is 15.2 Å². The van der Waals surface area contributed by atoms with Crippen molar-refractivity contribution in [3.63, 3.8) is 0 Å². The van der Waals surface area contributed by atoms with E-state index in [0.717, 1.165) is 23.3 Å². The third-order valence-corrected chi connectivity index (χ3v) is 3.53. The van der Waals surface area contributed by atoms with E-state index in [4.69, 9.17) is 9.84 Å². The van der Waals surface area contributed by atoms with Crippen LogP contribution in [0.3, 0.4) is 0 Å². The number of aryl methyl sites for hydroxylation is 1. The third kappa shape index (κ3) is 4.20. The summed E-state index contributed by atoms with van der Waals surface area (Å²) in [7, 11) is 1.61. The van der Waals surface area contributed by atoms with Crippen molar-refractivity contribution in [2.45, 2.75) is 19.4 Å². The molecule has 4 nitrogen and oxygen atoms in total. The highest BCUT2D eigenvalue weighted by Crippen LogP contribution is 2.21. The maximum atomic E-state index is 11.9. The fourth-order valence-corrected chi connectivity index (χ4v) is 2.40. The van der Waals surface area contributed by atoms with Crippen LogP contribution < -0.4 is 10.1 Å². The zero-order chi connectivity index (χ0) is 15.2. The lowest BCUT2D eigenvalue weighted by molar-refractivity contribution is -0.116. The maximum Gasteiger partial charge on any atom is 0.244 e. The monoisotopic (exact) mass is 287 g/mol. The Morgan fingerprint density at radius 3 is 2.95 bits per heavy atom. The molecule has 4 heteroatoms. The van der Waals surface area contributed by atoms with Gasteiger partial charge in [0.2, 0.25) is 5.91 Å². The molecule has 1 aliphatic carbocycles. The van der Waals surface area contributed by atoms with E-state index in [1.807, 2.05) is 37.3 Å². The summed E-state index contributed by atoms with van der Waals surface area (Å²) in [6.45, 7) is 2.12. The second-order valence-electron chi connectivity index (χ2n) is 5.26. The first kappa shape index (κ1) is 15.3. The largest absolute Gasteiger partial charge is 0.496 e. The minimum atomic E-state index is -0.146. The van der Waals surface area contributed by atoms with E-state index in [9.17, 15) is 4.79 Å².